The summed E-state index contributed by atoms with van der Waals surface area (Å²) < 4.78 is 0. The van der Waals surface area contributed by atoms with Gasteiger partial charge >= 0.3 is 0 Å². The summed E-state index contributed by atoms with van der Waals surface area (Å²) in [6.07, 6.45) is 0. The molecule has 4 nitrogen and oxygen atoms in total. The van der Waals surface area contributed by atoms with Gasteiger partial charge in [0.05, 0.1) is 17.5 Å². The lowest BCUT2D eigenvalue weighted by atomic mass is 10.2. The van der Waals surface area contributed by atoms with Crippen molar-refractivity contribution in [3.05, 3.63) is 0 Å². The fourth-order valence-corrected chi connectivity index (χ4v) is 1.52. The van der Waals surface area contributed by atoms with Crippen molar-refractivity contribution in [3.8, 4) is 0 Å². The average molecular weight is 235 g/mol. The summed E-state index contributed by atoms with van der Waals surface area (Å²) in [7, 11) is 0. The number of nitrogens with zero attached hydrogens (tertiary/aromatic N) is 1. The minimum absolute atomic E-state index is 0.163. The highest BCUT2D eigenvalue weighted by Gasteiger charge is 2.40. The van der Waals surface area contributed by atoms with Crippen LogP contribution in [0, 0.1) is 0 Å². The second-order valence-electron chi connectivity index (χ2n) is 3.17. The maximum atomic E-state index is 11.3. The largest absolute Gasteiger partial charge is 0.286 e. The highest BCUT2D eigenvalue weighted by molar-refractivity contribution is 9.09. The molecule has 0 saturated carbocycles. The predicted octanol–water partition coefficient (Wildman–Crippen LogP) is 0.0758. The van der Waals surface area contributed by atoms with Crippen LogP contribution in [0.25, 0.3) is 0 Å². The third-order valence-electron chi connectivity index (χ3n) is 1.84. The minimum Gasteiger partial charge on any atom is -0.286 e. The summed E-state index contributed by atoms with van der Waals surface area (Å²) in [6.45, 7) is 3.85. The number of amides is 2. The van der Waals surface area contributed by atoms with Gasteiger partial charge in [0, 0.05) is 0 Å². The third-order valence-corrected chi connectivity index (χ3v) is 2.32. The van der Waals surface area contributed by atoms with E-state index in [0.29, 0.717) is 0 Å². The summed E-state index contributed by atoms with van der Waals surface area (Å²) in [4.78, 5) is 23.7. The summed E-state index contributed by atoms with van der Waals surface area (Å²) in [5.74, 6) is -0.362. The van der Waals surface area contributed by atoms with Gasteiger partial charge in [0.1, 0.15) is 0 Å². The van der Waals surface area contributed by atoms with Crippen molar-refractivity contribution < 1.29 is 9.59 Å². The van der Waals surface area contributed by atoms with Crippen molar-refractivity contribution in [2.24, 2.45) is 0 Å². The molecule has 5 heteroatoms. The normalized spacial score (nSPS) is 21.6. The first-order chi connectivity index (χ1) is 5.49. The Hall–Kier alpha value is -0.420. The van der Waals surface area contributed by atoms with E-state index in [0.717, 1.165) is 0 Å². The van der Waals surface area contributed by atoms with Crippen LogP contribution in [0.4, 0.5) is 0 Å². The number of carbonyl (C=O) groups excluding carboxylic acids is 2. The van der Waals surface area contributed by atoms with Crippen LogP contribution in [0.2, 0.25) is 0 Å². The molecule has 0 atom stereocenters. The van der Waals surface area contributed by atoms with E-state index in [1.807, 2.05) is 0 Å². The zero-order valence-electron chi connectivity index (χ0n) is 7.06. The van der Waals surface area contributed by atoms with E-state index in [1.54, 1.807) is 13.8 Å². The van der Waals surface area contributed by atoms with Crippen LogP contribution < -0.4 is 5.32 Å². The molecular weight excluding hydrogens is 224 g/mol. The number of alkyl halides is 1. The lowest BCUT2D eigenvalue weighted by molar-refractivity contribution is -0.144. The Morgan fingerprint density at radius 3 is 2.67 bits per heavy atom. The molecule has 0 aliphatic carbocycles. The molecule has 1 saturated heterocycles. The Bertz CT molecular complexity index is 227. The minimum atomic E-state index is -0.540. The molecule has 2 amide bonds. The van der Waals surface area contributed by atoms with E-state index >= 15 is 0 Å². The smallest absolute Gasteiger partial charge is 0.244 e. The van der Waals surface area contributed by atoms with E-state index in [-0.39, 0.29) is 23.7 Å². The van der Waals surface area contributed by atoms with Gasteiger partial charge < -0.3 is 0 Å². The van der Waals surface area contributed by atoms with E-state index in [1.165, 1.54) is 4.90 Å². The fraction of sp³-hybridized carbons (Fsp3) is 0.714. The highest BCUT2D eigenvalue weighted by Crippen LogP contribution is 2.17. The van der Waals surface area contributed by atoms with Crippen molar-refractivity contribution in [3.63, 3.8) is 0 Å². The zero-order chi connectivity index (χ0) is 9.35. The lowest BCUT2D eigenvalue weighted by Gasteiger charge is -2.28. The molecule has 0 spiro atoms. The third kappa shape index (κ3) is 1.51. The summed E-state index contributed by atoms with van der Waals surface area (Å²) in [5, 5.41) is 3.13. The topological polar surface area (TPSA) is 49.4 Å². The van der Waals surface area contributed by atoms with Gasteiger partial charge in [-0.25, -0.2) is 0 Å². The van der Waals surface area contributed by atoms with Gasteiger partial charge in [-0.15, -0.1) is 0 Å². The van der Waals surface area contributed by atoms with E-state index in [2.05, 4.69) is 21.2 Å². The van der Waals surface area contributed by atoms with Crippen molar-refractivity contribution in [2.75, 3.05) is 11.9 Å². The van der Waals surface area contributed by atoms with Crippen molar-refractivity contribution in [1.29, 1.82) is 0 Å². The molecule has 1 aliphatic heterocycles. The van der Waals surface area contributed by atoms with Gasteiger partial charge in [0.25, 0.3) is 0 Å². The zero-order valence-corrected chi connectivity index (χ0v) is 8.64. The first kappa shape index (κ1) is 9.67. The number of rotatable bonds is 1. The molecule has 0 bridgehead atoms. The molecule has 1 fully saturated rings. The molecule has 1 heterocycles. The Labute approximate surface area is 79.4 Å². The first-order valence-corrected chi connectivity index (χ1v) is 4.78. The molecule has 0 aromatic rings. The number of hydrogen-bond acceptors (Lipinski definition) is 3. The standard InChI is InChI=1S/C7H11BrN2O2/c1-7(2)9-4-6(12)10(7)5(11)3-8/h9H,3-4H2,1-2H3. The van der Waals surface area contributed by atoms with Crippen LogP contribution in [0.15, 0.2) is 0 Å². The molecule has 0 aromatic heterocycles. The molecular formula is C7H11BrN2O2. The summed E-state index contributed by atoms with van der Waals surface area (Å²) in [5.41, 5.74) is -0.540. The number of imide groups is 1. The molecule has 1 rings (SSSR count). The highest BCUT2D eigenvalue weighted by atomic mass is 79.9. The molecule has 1 aliphatic rings. The van der Waals surface area contributed by atoms with E-state index in [9.17, 15) is 9.59 Å². The van der Waals surface area contributed by atoms with Crippen LogP contribution in [-0.2, 0) is 9.59 Å². The van der Waals surface area contributed by atoms with Crippen LogP contribution in [0.5, 0.6) is 0 Å². The molecule has 0 aromatic carbocycles. The molecule has 1 N–H and O–H groups in total. The Morgan fingerprint density at radius 1 is 1.75 bits per heavy atom. The fourth-order valence-electron chi connectivity index (χ4n) is 1.27. The second-order valence-corrected chi connectivity index (χ2v) is 3.73. The number of halogens is 1. The van der Waals surface area contributed by atoms with Crippen molar-refractivity contribution in [2.45, 2.75) is 19.5 Å². The van der Waals surface area contributed by atoms with Gasteiger partial charge in [-0.3, -0.25) is 19.8 Å². The number of nitrogens with one attached hydrogen (secondary N) is 1. The van der Waals surface area contributed by atoms with Crippen LogP contribution >= 0.6 is 15.9 Å². The Kier molecular flexibility index (Phi) is 2.53. The second kappa shape index (κ2) is 3.14. The average Bonchev–Trinajstić information content (AvgIpc) is 2.25. The molecule has 12 heavy (non-hydrogen) atoms. The van der Waals surface area contributed by atoms with E-state index < -0.39 is 5.66 Å². The van der Waals surface area contributed by atoms with Gasteiger partial charge in [0.2, 0.25) is 11.8 Å². The maximum absolute atomic E-state index is 11.3. The quantitative estimate of drug-likeness (QED) is 0.654. The molecule has 0 radical (unpaired) electrons. The predicted molar refractivity (Wildman–Crippen MR) is 47.7 cm³/mol. The maximum Gasteiger partial charge on any atom is 0.244 e. The van der Waals surface area contributed by atoms with Crippen LogP contribution in [-0.4, -0.2) is 34.3 Å². The van der Waals surface area contributed by atoms with Gasteiger partial charge in [-0.1, -0.05) is 15.9 Å². The van der Waals surface area contributed by atoms with Gasteiger partial charge in [0.15, 0.2) is 0 Å². The number of hydrogen-bond donors (Lipinski definition) is 1. The number of carbonyl (C=O) groups is 2. The SMILES string of the molecule is CC1(C)NCC(=O)N1C(=O)CBr. The van der Waals surface area contributed by atoms with Crippen LogP contribution in [0.1, 0.15) is 13.8 Å². The van der Waals surface area contributed by atoms with Crippen molar-refractivity contribution >= 4 is 27.7 Å². The van der Waals surface area contributed by atoms with E-state index in [4.69, 9.17) is 0 Å². The molecule has 68 valence electrons. The van der Waals surface area contributed by atoms with Crippen LogP contribution in [0.3, 0.4) is 0 Å². The Morgan fingerprint density at radius 2 is 2.33 bits per heavy atom. The van der Waals surface area contributed by atoms with Gasteiger partial charge in [-0.05, 0) is 13.8 Å². The van der Waals surface area contributed by atoms with Crippen molar-refractivity contribution in [1.82, 2.24) is 10.2 Å². The molecule has 0 unspecified atom stereocenters. The summed E-state index contributed by atoms with van der Waals surface area (Å²) in [6, 6.07) is 0. The Balaban J connectivity index is 2.85. The summed E-state index contributed by atoms with van der Waals surface area (Å²) >= 11 is 3.03. The first-order valence-electron chi connectivity index (χ1n) is 3.66. The monoisotopic (exact) mass is 234 g/mol. The lowest BCUT2D eigenvalue weighted by Crippen LogP contribution is -2.50. The van der Waals surface area contributed by atoms with Gasteiger partial charge in [-0.2, -0.15) is 0 Å².